The lowest BCUT2D eigenvalue weighted by molar-refractivity contribution is -0.136. The molecule has 0 saturated heterocycles. The van der Waals surface area contributed by atoms with Crippen LogP contribution >= 0.6 is 0 Å². The van der Waals surface area contributed by atoms with E-state index in [9.17, 15) is 4.79 Å². The number of rotatable bonds is 4. The molecule has 1 rings (SSSR count). The third-order valence-electron chi connectivity index (χ3n) is 3.82. The molecule has 0 atom stereocenters. The standard InChI is InChI=1S/C15H29NO2/c1-15(2,3)11-16(4)14(18)13-7-5-12(6-8-13)9-10-17/h12-13,17H,5-11H2,1-4H3. The van der Waals surface area contributed by atoms with E-state index < -0.39 is 0 Å². The second kappa shape index (κ2) is 6.55. The van der Waals surface area contributed by atoms with Gasteiger partial charge in [-0.25, -0.2) is 0 Å². The first-order chi connectivity index (χ1) is 8.33. The number of hydrogen-bond acceptors (Lipinski definition) is 2. The highest BCUT2D eigenvalue weighted by molar-refractivity contribution is 5.78. The molecule has 0 unspecified atom stereocenters. The third kappa shape index (κ3) is 4.97. The molecule has 0 aliphatic heterocycles. The molecule has 0 bridgehead atoms. The van der Waals surface area contributed by atoms with Crippen LogP contribution in [0.2, 0.25) is 0 Å². The van der Waals surface area contributed by atoms with E-state index in [1.165, 1.54) is 0 Å². The molecule has 1 N–H and O–H groups in total. The molecule has 0 aromatic rings. The first-order valence-corrected chi connectivity index (χ1v) is 7.19. The smallest absolute Gasteiger partial charge is 0.225 e. The number of aliphatic hydroxyl groups excluding tert-OH is 1. The minimum Gasteiger partial charge on any atom is -0.396 e. The van der Waals surface area contributed by atoms with Crippen LogP contribution in [-0.2, 0) is 4.79 Å². The van der Waals surface area contributed by atoms with Crippen molar-refractivity contribution in [1.29, 1.82) is 0 Å². The zero-order valence-electron chi connectivity index (χ0n) is 12.4. The predicted octanol–water partition coefficient (Wildman–Crippen LogP) is 2.68. The van der Waals surface area contributed by atoms with Crippen molar-refractivity contribution in [2.24, 2.45) is 17.3 Å². The largest absolute Gasteiger partial charge is 0.396 e. The molecule has 0 spiro atoms. The molecular weight excluding hydrogens is 226 g/mol. The van der Waals surface area contributed by atoms with Gasteiger partial charge >= 0.3 is 0 Å². The quantitative estimate of drug-likeness (QED) is 0.839. The molecule has 1 aliphatic carbocycles. The van der Waals surface area contributed by atoms with Gasteiger partial charge in [0, 0.05) is 26.1 Å². The Bertz CT molecular complexity index is 262. The van der Waals surface area contributed by atoms with Gasteiger partial charge in [-0.1, -0.05) is 20.8 Å². The van der Waals surface area contributed by atoms with Gasteiger partial charge in [-0.05, 0) is 43.4 Å². The second-order valence-electron chi connectivity index (χ2n) is 6.98. The van der Waals surface area contributed by atoms with E-state index in [0.717, 1.165) is 38.6 Å². The molecule has 0 radical (unpaired) electrons. The number of carbonyl (C=O) groups excluding carboxylic acids is 1. The number of carbonyl (C=O) groups is 1. The average molecular weight is 255 g/mol. The summed E-state index contributed by atoms with van der Waals surface area (Å²) in [7, 11) is 1.92. The molecule has 3 heteroatoms. The van der Waals surface area contributed by atoms with Crippen LogP contribution < -0.4 is 0 Å². The predicted molar refractivity (Wildman–Crippen MR) is 74.2 cm³/mol. The summed E-state index contributed by atoms with van der Waals surface area (Å²) in [5.41, 5.74) is 0.165. The lowest BCUT2D eigenvalue weighted by Crippen LogP contribution is -2.39. The Morgan fingerprint density at radius 2 is 1.78 bits per heavy atom. The zero-order valence-corrected chi connectivity index (χ0v) is 12.4. The van der Waals surface area contributed by atoms with Crippen molar-refractivity contribution in [2.75, 3.05) is 20.2 Å². The summed E-state index contributed by atoms with van der Waals surface area (Å²) in [5.74, 6) is 1.16. The van der Waals surface area contributed by atoms with Gasteiger partial charge in [0.25, 0.3) is 0 Å². The van der Waals surface area contributed by atoms with E-state index in [-0.39, 0.29) is 17.9 Å². The van der Waals surface area contributed by atoms with Crippen molar-refractivity contribution < 1.29 is 9.90 Å². The maximum absolute atomic E-state index is 12.3. The van der Waals surface area contributed by atoms with Crippen LogP contribution in [-0.4, -0.2) is 36.1 Å². The van der Waals surface area contributed by atoms with E-state index >= 15 is 0 Å². The molecular formula is C15H29NO2. The van der Waals surface area contributed by atoms with Gasteiger partial charge in [0.05, 0.1) is 0 Å². The maximum Gasteiger partial charge on any atom is 0.225 e. The van der Waals surface area contributed by atoms with Gasteiger partial charge in [-0.3, -0.25) is 4.79 Å². The maximum atomic E-state index is 12.3. The Morgan fingerprint density at radius 1 is 1.22 bits per heavy atom. The van der Waals surface area contributed by atoms with E-state index in [0.29, 0.717) is 11.8 Å². The highest BCUT2D eigenvalue weighted by atomic mass is 16.3. The SMILES string of the molecule is CN(CC(C)(C)C)C(=O)C1CCC(CCO)CC1. The Morgan fingerprint density at radius 3 is 2.22 bits per heavy atom. The minimum absolute atomic E-state index is 0.165. The fourth-order valence-electron chi connectivity index (χ4n) is 2.98. The van der Waals surface area contributed by atoms with Gasteiger partial charge in [0.1, 0.15) is 0 Å². The lowest BCUT2D eigenvalue weighted by Gasteiger charge is -2.33. The summed E-state index contributed by atoms with van der Waals surface area (Å²) in [4.78, 5) is 14.2. The lowest BCUT2D eigenvalue weighted by atomic mass is 9.80. The van der Waals surface area contributed by atoms with Gasteiger partial charge in [0.15, 0.2) is 0 Å². The molecule has 0 aromatic heterocycles. The van der Waals surface area contributed by atoms with Crippen LogP contribution in [0.3, 0.4) is 0 Å². The first kappa shape index (κ1) is 15.5. The van der Waals surface area contributed by atoms with Gasteiger partial charge < -0.3 is 10.0 Å². The number of aliphatic hydroxyl groups is 1. The topological polar surface area (TPSA) is 40.5 Å². The van der Waals surface area contributed by atoms with Gasteiger partial charge in [-0.2, -0.15) is 0 Å². The second-order valence-corrected chi connectivity index (χ2v) is 6.98. The minimum atomic E-state index is 0.165. The summed E-state index contributed by atoms with van der Waals surface area (Å²) in [6.07, 6.45) is 5.09. The highest BCUT2D eigenvalue weighted by Crippen LogP contribution is 2.32. The fraction of sp³-hybridized carbons (Fsp3) is 0.933. The Hall–Kier alpha value is -0.570. The van der Waals surface area contributed by atoms with Crippen molar-refractivity contribution in [3.8, 4) is 0 Å². The third-order valence-corrected chi connectivity index (χ3v) is 3.82. The molecule has 106 valence electrons. The molecule has 1 fully saturated rings. The Labute approximate surface area is 112 Å². The summed E-state index contributed by atoms with van der Waals surface area (Å²) in [6, 6.07) is 0. The van der Waals surface area contributed by atoms with Crippen molar-refractivity contribution in [2.45, 2.75) is 52.9 Å². The molecule has 18 heavy (non-hydrogen) atoms. The van der Waals surface area contributed by atoms with E-state index in [1.54, 1.807) is 0 Å². The van der Waals surface area contributed by atoms with Crippen molar-refractivity contribution in [3.63, 3.8) is 0 Å². The van der Waals surface area contributed by atoms with Gasteiger partial charge in [-0.15, -0.1) is 0 Å². The van der Waals surface area contributed by atoms with Crippen LogP contribution in [0.4, 0.5) is 0 Å². The summed E-state index contributed by atoms with van der Waals surface area (Å²) >= 11 is 0. The average Bonchev–Trinajstić information content (AvgIpc) is 2.27. The first-order valence-electron chi connectivity index (χ1n) is 7.19. The number of nitrogens with zero attached hydrogens (tertiary/aromatic N) is 1. The highest BCUT2D eigenvalue weighted by Gasteiger charge is 2.29. The van der Waals surface area contributed by atoms with E-state index in [1.807, 2.05) is 11.9 Å². The Balaban J connectivity index is 2.40. The molecule has 1 saturated carbocycles. The van der Waals surface area contributed by atoms with Crippen LogP contribution in [0.1, 0.15) is 52.9 Å². The Kier molecular flexibility index (Phi) is 5.64. The van der Waals surface area contributed by atoms with Crippen molar-refractivity contribution in [3.05, 3.63) is 0 Å². The van der Waals surface area contributed by atoms with Crippen LogP contribution in [0.25, 0.3) is 0 Å². The summed E-state index contributed by atoms with van der Waals surface area (Å²) < 4.78 is 0. The van der Waals surface area contributed by atoms with Crippen LogP contribution in [0.5, 0.6) is 0 Å². The molecule has 1 aliphatic rings. The zero-order chi connectivity index (χ0) is 13.8. The fourth-order valence-corrected chi connectivity index (χ4v) is 2.98. The normalized spacial score (nSPS) is 24.9. The molecule has 3 nitrogen and oxygen atoms in total. The number of hydrogen-bond donors (Lipinski definition) is 1. The molecule has 0 aromatic carbocycles. The summed E-state index contributed by atoms with van der Waals surface area (Å²) in [5, 5.41) is 8.93. The van der Waals surface area contributed by atoms with Crippen molar-refractivity contribution in [1.82, 2.24) is 4.90 Å². The number of amides is 1. The van der Waals surface area contributed by atoms with Gasteiger partial charge in [0.2, 0.25) is 5.91 Å². The summed E-state index contributed by atoms with van der Waals surface area (Å²) in [6.45, 7) is 7.59. The molecule has 1 amide bonds. The molecule has 0 heterocycles. The van der Waals surface area contributed by atoms with E-state index in [4.69, 9.17) is 5.11 Å². The van der Waals surface area contributed by atoms with Crippen LogP contribution in [0, 0.1) is 17.3 Å². The van der Waals surface area contributed by atoms with Crippen molar-refractivity contribution >= 4 is 5.91 Å². The monoisotopic (exact) mass is 255 g/mol. The van der Waals surface area contributed by atoms with E-state index in [2.05, 4.69) is 20.8 Å². The van der Waals surface area contributed by atoms with Crippen LogP contribution in [0.15, 0.2) is 0 Å².